The summed E-state index contributed by atoms with van der Waals surface area (Å²) in [6.07, 6.45) is 0. The molecule has 0 unspecified atom stereocenters. The van der Waals surface area contributed by atoms with Crippen molar-refractivity contribution in [1.29, 1.82) is 0 Å². The first-order chi connectivity index (χ1) is 10.7. The van der Waals surface area contributed by atoms with Crippen LogP contribution in [0.3, 0.4) is 0 Å². The summed E-state index contributed by atoms with van der Waals surface area (Å²) < 4.78 is 0. The van der Waals surface area contributed by atoms with Crippen LogP contribution in [0.15, 0.2) is 48.5 Å². The molecule has 0 aliphatic heterocycles. The van der Waals surface area contributed by atoms with Gasteiger partial charge in [-0.2, -0.15) is 0 Å². The van der Waals surface area contributed by atoms with Gasteiger partial charge in [-0.25, -0.2) is 0 Å². The Hall–Kier alpha value is -2.44. The molecule has 2 rings (SSSR count). The minimum Gasteiger partial charge on any atom is -0.399 e. The molecular weight excluding hydrogens is 278 g/mol. The van der Waals surface area contributed by atoms with Crippen molar-refractivity contribution in [3.63, 3.8) is 0 Å². The smallest absolute Gasteiger partial charge is 0.0604 e. The van der Waals surface area contributed by atoms with Crippen LogP contribution in [-0.4, -0.2) is 31.3 Å². The molecule has 0 saturated carbocycles. The van der Waals surface area contributed by atoms with Crippen molar-refractivity contribution in [2.24, 2.45) is 5.73 Å². The van der Waals surface area contributed by atoms with Gasteiger partial charge in [-0.05, 0) is 36.4 Å². The van der Waals surface area contributed by atoms with E-state index in [1.807, 2.05) is 48.5 Å². The Morgan fingerprint density at radius 1 is 0.818 bits per heavy atom. The topological polar surface area (TPSA) is 122 Å². The molecule has 0 saturated heterocycles. The normalized spacial score (nSPS) is 9.55. The van der Waals surface area contributed by atoms with Crippen molar-refractivity contribution in [3.05, 3.63) is 48.5 Å². The lowest BCUT2D eigenvalue weighted by atomic mass is 10.3. The highest BCUT2D eigenvalue weighted by Crippen LogP contribution is 2.11. The number of nitrogen functional groups attached to an aromatic ring is 2. The summed E-state index contributed by atoms with van der Waals surface area (Å²) in [4.78, 5) is 0. The first-order valence-electron chi connectivity index (χ1n) is 7.15. The van der Waals surface area contributed by atoms with Crippen molar-refractivity contribution in [3.8, 4) is 0 Å². The number of anilines is 4. The largest absolute Gasteiger partial charge is 0.399 e. The number of aliphatic hydroxyl groups is 1. The van der Waals surface area contributed by atoms with Crippen LogP contribution in [0.1, 0.15) is 0 Å². The van der Waals surface area contributed by atoms with E-state index in [9.17, 15) is 0 Å². The molecule has 6 heteroatoms. The number of nitrogens with one attached hydrogen (secondary N) is 2. The van der Waals surface area contributed by atoms with Crippen LogP contribution in [0.5, 0.6) is 0 Å². The van der Waals surface area contributed by atoms with Gasteiger partial charge in [-0.3, -0.25) is 0 Å². The second-order valence-corrected chi connectivity index (χ2v) is 4.62. The van der Waals surface area contributed by atoms with Crippen LogP contribution < -0.4 is 27.8 Å². The fourth-order valence-corrected chi connectivity index (χ4v) is 1.71. The van der Waals surface area contributed by atoms with E-state index in [2.05, 4.69) is 10.6 Å². The number of aliphatic hydroxyl groups excluding tert-OH is 1. The molecule has 0 atom stereocenters. The van der Waals surface area contributed by atoms with Crippen LogP contribution in [-0.2, 0) is 0 Å². The van der Waals surface area contributed by atoms with E-state index in [-0.39, 0.29) is 6.61 Å². The average molecular weight is 303 g/mol. The van der Waals surface area contributed by atoms with Gasteiger partial charge in [0.15, 0.2) is 0 Å². The number of rotatable bonds is 6. The lowest BCUT2D eigenvalue weighted by Gasteiger charge is -2.03. The highest BCUT2D eigenvalue weighted by atomic mass is 16.3. The quantitative estimate of drug-likeness (QED) is 0.447. The van der Waals surface area contributed by atoms with Gasteiger partial charge in [0.25, 0.3) is 0 Å². The fourth-order valence-electron chi connectivity index (χ4n) is 1.71. The van der Waals surface area contributed by atoms with E-state index in [0.717, 1.165) is 29.3 Å². The summed E-state index contributed by atoms with van der Waals surface area (Å²) in [6.45, 7) is 2.11. The molecule has 0 aromatic heterocycles. The standard InChI is InChI=1S/C8H13N3.C8H12N2O/c9-4-5-11-8-3-1-2-7(10)6-8;9-7-2-1-3-8(6-7)10-4-5-11/h1-3,6,11H,4-5,9-10H2;1-3,6,10-11H,4-5,9H2. The second-order valence-electron chi connectivity index (χ2n) is 4.62. The SMILES string of the molecule is NCCNc1cccc(N)c1.Nc1cccc(NCCO)c1. The van der Waals surface area contributed by atoms with Crippen LogP contribution in [0.25, 0.3) is 0 Å². The zero-order chi connectivity index (χ0) is 16.2. The van der Waals surface area contributed by atoms with Crippen molar-refractivity contribution in [2.75, 3.05) is 48.3 Å². The summed E-state index contributed by atoms with van der Waals surface area (Å²) in [5.74, 6) is 0. The lowest BCUT2D eigenvalue weighted by molar-refractivity contribution is 0.311. The highest BCUT2D eigenvalue weighted by Gasteiger charge is 1.90. The van der Waals surface area contributed by atoms with Gasteiger partial charge >= 0.3 is 0 Å². The molecule has 0 bridgehead atoms. The molecule has 22 heavy (non-hydrogen) atoms. The molecule has 2 aromatic carbocycles. The predicted molar refractivity (Wildman–Crippen MR) is 94.8 cm³/mol. The molecule has 0 aliphatic carbocycles. The average Bonchev–Trinajstić information content (AvgIpc) is 2.52. The molecule has 0 fully saturated rings. The zero-order valence-electron chi connectivity index (χ0n) is 12.6. The molecular formula is C16H25N5O. The monoisotopic (exact) mass is 303 g/mol. The maximum atomic E-state index is 8.50. The Kier molecular flexibility index (Phi) is 8.25. The minimum absolute atomic E-state index is 0.134. The maximum Gasteiger partial charge on any atom is 0.0604 e. The Morgan fingerprint density at radius 3 is 1.73 bits per heavy atom. The van der Waals surface area contributed by atoms with Gasteiger partial charge < -0.3 is 32.9 Å². The lowest BCUT2D eigenvalue weighted by Crippen LogP contribution is -2.12. The summed E-state index contributed by atoms with van der Waals surface area (Å²) in [5.41, 5.74) is 19.9. The third-order valence-electron chi connectivity index (χ3n) is 2.69. The van der Waals surface area contributed by atoms with E-state index in [1.54, 1.807) is 0 Å². The van der Waals surface area contributed by atoms with E-state index in [1.165, 1.54) is 0 Å². The first kappa shape index (κ1) is 17.6. The molecule has 0 aliphatic rings. The second kappa shape index (κ2) is 10.3. The first-order valence-corrected chi connectivity index (χ1v) is 7.15. The fraction of sp³-hybridized carbons (Fsp3) is 0.250. The van der Waals surface area contributed by atoms with Crippen molar-refractivity contribution < 1.29 is 5.11 Å². The Morgan fingerprint density at radius 2 is 1.32 bits per heavy atom. The molecule has 0 amide bonds. The summed E-state index contributed by atoms with van der Waals surface area (Å²) >= 11 is 0. The Balaban J connectivity index is 0.000000220. The number of nitrogens with two attached hydrogens (primary N) is 3. The molecule has 120 valence electrons. The molecule has 9 N–H and O–H groups in total. The van der Waals surface area contributed by atoms with E-state index >= 15 is 0 Å². The van der Waals surface area contributed by atoms with Gasteiger partial charge in [0.1, 0.15) is 0 Å². The van der Waals surface area contributed by atoms with E-state index in [0.29, 0.717) is 13.1 Å². The predicted octanol–water partition coefficient (Wildman–Crippen LogP) is 1.31. The third-order valence-corrected chi connectivity index (χ3v) is 2.69. The Labute approximate surface area is 131 Å². The van der Waals surface area contributed by atoms with Gasteiger partial charge in [0.2, 0.25) is 0 Å². The Bertz CT molecular complexity index is 498. The third kappa shape index (κ3) is 7.37. The van der Waals surface area contributed by atoms with Crippen LogP contribution in [0, 0.1) is 0 Å². The molecule has 0 heterocycles. The van der Waals surface area contributed by atoms with Gasteiger partial charge in [0, 0.05) is 42.4 Å². The van der Waals surface area contributed by atoms with Gasteiger partial charge in [0.05, 0.1) is 6.61 Å². The van der Waals surface area contributed by atoms with E-state index < -0.39 is 0 Å². The maximum absolute atomic E-state index is 8.50. The number of benzene rings is 2. The molecule has 0 spiro atoms. The van der Waals surface area contributed by atoms with E-state index in [4.69, 9.17) is 22.3 Å². The molecule has 6 nitrogen and oxygen atoms in total. The van der Waals surface area contributed by atoms with Crippen LogP contribution in [0.2, 0.25) is 0 Å². The van der Waals surface area contributed by atoms with Crippen LogP contribution in [0.4, 0.5) is 22.7 Å². The number of hydrogen-bond donors (Lipinski definition) is 6. The van der Waals surface area contributed by atoms with Gasteiger partial charge in [-0.1, -0.05) is 12.1 Å². The zero-order valence-corrected chi connectivity index (χ0v) is 12.6. The molecule has 2 aromatic rings. The highest BCUT2D eigenvalue weighted by molar-refractivity contribution is 5.54. The molecule has 0 radical (unpaired) electrons. The summed E-state index contributed by atoms with van der Waals surface area (Å²) in [6, 6.07) is 15.0. The summed E-state index contributed by atoms with van der Waals surface area (Å²) in [7, 11) is 0. The van der Waals surface area contributed by atoms with Crippen molar-refractivity contribution >= 4 is 22.7 Å². The van der Waals surface area contributed by atoms with Crippen LogP contribution >= 0.6 is 0 Å². The van der Waals surface area contributed by atoms with Gasteiger partial charge in [-0.15, -0.1) is 0 Å². The minimum atomic E-state index is 0.134. The summed E-state index contributed by atoms with van der Waals surface area (Å²) in [5, 5.41) is 14.6. The van der Waals surface area contributed by atoms with Crippen molar-refractivity contribution in [1.82, 2.24) is 0 Å². The number of hydrogen-bond acceptors (Lipinski definition) is 6. The van der Waals surface area contributed by atoms with Crippen molar-refractivity contribution in [2.45, 2.75) is 0 Å².